The van der Waals surface area contributed by atoms with Crippen molar-refractivity contribution in [3.05, 3.63) is 0 Å². The number of hydrogen-bond donors (Lipinski definition) is 2. The monoisotopic (exact) mass is 744 g/mol. The second-order valence-corrected chi connectivity index (χ2v) is 11.6. The predicted molar refractivity (Wildman–Crippen MR) is 187 cm³/mol. The van der Waals surface area contributed by atoms with Gasteiger partial charge in [0, 0.05) is 19.5 Å². The summed E-state index contributed by atoms with van der Waals surface area (Å²) in [5.74, 6) is -0.369. The maximum atomic E-state index is 11.9. The standard InChI is InChI=1S/C34H68N2O15/c1-34(2,3)51-33(38)5-9-40-13-17-44-21-25-48-29-31-50-27-23-46-19-15-42-11-7-36-32(37)4-8-39-12-16-43-20-24-47-28-30-49-26-22-45-18-14-41-10-6-35/h4-31,35H2,1-3H3,(H,36,37). The van der Waals surface area contributed by atoms with Gasteiger partial charge in [-0.1, -0.05) is 0 Å². The molecule has 304 valence electrons. The number of amides is 1. The van der Waals surface area contributed by atoms with Crippen molar-refractivity contribution in [1.82, 2.24) is 5.32 Å². The lowest BCUT2D eigenvalue weighted by Gasteiger charge is -2.19. The zero-order valence-electron chi connectivity index (χ0n) is 31.5. The average Bonchev–Trinajstić information content (AvgIpc) is 3.09. The summed E-state index contributed by atoms with van der Waals surface area (Å²) in [7, 11) is 0. The summed E-state index contributed by atoms with van der Waals surface area (Å²) in [5, 5.41) is 2.79. The van der Waals surface area contributed by atoms with Crippen LogP contribution in [0.3, 0.4) is 0 Å². The third-order valence-electron chi connectivity index (χ3n) is 5.89. The smallest absolute Gasteiger partial charge is 0.308 e. The first-order valence-electron chi connectivity index (χ1n) is 18.0. The highest BCUT2D eigenvalue weighted by Crippen LogP contribution is 2.08. The van der Waals surface area contributed by atoms with Crippen molar-refractivity contribution in [3.63, 3.8) is 0 Å². The number of rotatable bonds is 41. The van der Waals surface area contributed by atoms with Gasteiger partial charge in [-0.15, -0.1) is 0 Å². The lowest BCUT2D eigenvalue weighted by molar-refractivity contribution is -0.156. The average molecular weight is 745 g/mol. The molecule has 0 fully saturated rings. The second kappa shape index (κ2) is 39.6. The number of nitrogens with one attached hydrogen (secondary N) is 1. The van der Waals surface area contributed by atoms with Gasteiger partial charge in [-0.2, -0.15) is 0 Å². The van der Waals surface area contributed by atoms with Crippen molar-refractivity contribution in [1.29, 1.82) is 0 Å². The third-order valence-corrected chi connectivity index (χ3v) is 5.89. The normalized spacial score (nSPS) is 11.7. The highest BCUT2D eigenvalue weighted by atomic mass is 16.6. The summed E-state index contributed by atoms with van der Waals surface area (Å²) in [6, 6.07) is 0. The van der Waals surface area contributed by atoms with E-state index in [2.05, 4.69) is 5.32 Å². The number of hydrogen-bond acceptors (Lipinski definition) is 16. The van der Waals surface area contributed by atoms with E-state index in [-0.39, 0.29) is 24.7 Å². The maximum Gasteiger partial charge on any atom is 0.308 e. The number of esters is 1. The molecular formula is C34H68N2O15. The Balaban J connectivity index is 3.19. The molecule has 0 spiro atoms. The molecule has 0 saturated carbocycles. The van der Waals surface area contributed by atoms with Gasteiger partial charge in [-0.25, -0.2) is 0 Å². The van der Waals surface area contributed by atoms with Gasteiger partial charge in [-0.3, -0.25) is 9.59 Å². The van der Waals surface area contributed by atoms with Crippen molar-refractivity contribution in [3.8, 4) is 0 Å². The molecule has 0 aromatic heterocycles. The van der Waals surface area contributed by atoms with Crippen molar-refractivity contribution in [2.24, 2.45) is 5.73 Å². The molecule has 0 aliphatic heterocycles. The van der Waals surface area contributed by atoms with E-state index in [1.165, 1.54) is 0 Å². The lowest BCUT2D eigenvalue weighted by Crippen LogP contribution is -2.28. The van der Waals surface area contributed by atoms with E-state index in [9.17, 15) is 9.59 Å². The largest absolute Gasteiger partial charge is 0.460 e. The molecule has 0 radical (unpaired) electrons. The van der Waals surface area contributed by atoms with Gasteiger partial charge in [0.15, 0.2) is 0 Å². The fourth-order valence-corrected chi connectivity index (χ4v) is 3.55. The summed E-state index contributed by atoms with van der Waals surface area (Å²) in [5.41, 5.74) is 4.85. The first-order chi connectivity index (χ1) is 24.8. The predicted octanol–water partition coefficient (Wildman–Crippen LogP) is 0.382. The van der Waals surface area contributed by atoms with Crippen molar-refractivity contribution >= 4 is 11.9 Å². The molecule has 1 amide bonds. The molecule has 0 heterocycles. The van der Waals surface area contributed by atoms with E-state index in [1.807, 2.05) is 20.8 Å². The Morgan fingerprint density at radius 3 is 1.00 bits per heavy atom. The molecule has 0 aromatic rings. The number of carbonyl (C=O) groups is 2. The molecule has 3 N–H and O–H groups in total. The van der Waals surface area contributed by atoms with Crippen LogP contribution >= 0.6 is 0 Å². The molecule has 0 unspecified atom stereocenters. The van der Waals surface area contributed by atoms with Crippen LogP contribution in [0.1, 0.15) is 33.6 Å². The van der Waals surface area contributed by atoms with Gasteiger partial charge in [0.05, 0.1) is 165 Å². The molecule has 17 nitrogen and oxygen atoms in total. The van der Waals surface area contributed by atoms with E-state index in [4.69, 9.17) is 67.3 Å². The molecule has 0 aromatic carbocycles. The first kappa shape index (κ1) is 49.4. The highest BCUT2D eigenvalue weighted by Gasteiger charge is 2.15. The Labute approximate surface area is 304 Å². The Kier molecular flexibility index (Phi) is 38.4. The topological polar surface area (TPSA) is 192 Å². The van der Waals surface area contributed by atoms with E-state index in [0.29, 0.717) is 172 Å². The number of carbonyl (C=O) groups excluding carboxylic acids is 2. The summed E-state index contributed by atoms with van der Waals surface area (Å²) >= 11 is 0. The minimum atomic E-state index is -0.482. The maximum absolute atomic E-state index is 11.9. The quantitative estimate of drug-likeness (QED) is 0.0645. The fourth-order valence-electron chi connectivity index (χ4n) is 3.55. The molecule has 0 aliphatic carbocycles. The van der Waals surface area contributed by atoms with Crippen molar-refractivity contribution < 1.29 is 71.2 Å². The highest BCUT2D eigenvalue weighted by molar-refractivity contribution is 5.75. The molecule has 0 saturated heterocycles. The molecule has 0 aliphatic rings. The summed E-state index contributed by atoms with van der Waals surface area (Å²) in [6.07, 6.45) is 0.494. The van der Waals surface area contributed by atoms with Gasteiger partial charge in [-0.05, 0) is 20.8 Å². The minimum Gasteiger partial charge on any atom is -0.460 e. The van der Waals surface area contributed by atoms with Crippen LogP contribution in [0.2, 0.25) is 0 Å². The van der Waals surface area contributed by atoms with Crippen LogP contribution in [-0.4, -0.2) is 189 Å². The Hall–Kier alpha value is -1.58. The SMILES string of the molecule is CC(C)(C)OC(=O)CCOCCOCCOCCOCCOCCOCCNC(=O)CCOCCOCCOCCOCCOCCOCCN. The van der Waals surface area contributed by atoms with Gasteiger partial charge in [0.2, 0.25) is 5.91 Å². The van der Waals surface area contributed by atoms with Crippen LogP contribution in [0.25, 0.3) is 0 Å². The molecule has 0 atom stereocenters. The second-order valence-electron chi connectivity index (χ2n) is 11.6. The zero-order chi connectivity index (χ0) is 37.4. The third kappa shape index (κ3) is 44.5. The van der Waals surface area contributed by atoms with Crippen LogP contribution < -0.4 is 11.1 Å². The fraction of sp³-hybridized carbons (Fsp3) is 0.941. The van der Waals surface area contributed by atoms with E-state index < -0.39 is 5.60 Å². The summed E-state index contributed by atoms with van der Waals surface area (Å²) in [4.78, 5) is 23.4. The molecule has 51 heavy (non-hydrogen) atoms. The van der Waals surface area contributed by atoms with Crippen LogP contribution in [0.4, 0.5) is 0 Å². The summed E-state index contributed by atoms with van der Waals surface area (Å²) < 4.78 is 70.1. The van der Waals surface area contributed by atoms with Crippen LogP contribution in [0.5, 0.6) is 0 Å². The number of nitrogens with two attached hydrogens (primary N) is 1. The zero-order valence-corrected chi connectivity index (χ0v) is 31.5. The van der Waals surface area contributed by atoms with Gasteiger partial charge < -0.3 is 72.6 Å². The molecular weight excluding hydrogens is 676 g/mol. The Morgan fingerprint density at radius 1 is 0.412 bits per heavy atom. The summed E-state index contributed by atoms with van der Waals surface area (Å²) in [6.45, 7) is 17.3. The van der Waals surface area contributed by atoms with Crippen LogP contribution in [0.15, 0.2) is 0 Å². The Bertz CT molecular complexity index is 747. The van der Waals surface area contributed by atoms with Crippen LogP contribution in [-0.2, 0) is 71.2 Å². The molecule has 0 bridgehead atoms. The van der Waals surface area contributed by atoms with Crippen molar-refractivity contribution in [2.75, 3.05) is 172 Å². The lowest BCUT2D eigenvalue weighted by atomic mass is 10.2. The van der Waals surface area contributed by atoms with Crippen molar-refractivity contribution in [2.45, 2.75) is 39.2 Å². The Morgan fingerprint density at radius 2 is 0.686 bits per heavy atom. The van der Waals surface area contributed by atoms with Gasteiger partial charge in [0.25, 0.3) is 0 Å². The molecule has 0 rings (SSSR count). The van der Waals surface area contributed by atoms with Gasteiger partial charge in [0.1, 0.15) is 5.60 Å². The van der Waals surface area contributed by atoms with Gasteiger partial charge >= 0.3 is 5.97 Å². The van der Waals surface area contributed by atoms with E-state index >= 15 is 0 Å². The minimum absolute atomic E-state index is 0.0958. The first-order valence-corrected chi connectivity index (χ1v) is 18.0. The van der Waals surface area contributed by atoms with E-state index in [1.54, 1.807) is 0 Å². The molecule has 17 heteroatoms. The van der Waals surface area contributed by atoms with Crippen LogP contribution in [0, 0.1) is 0 Å². The van der Waals surface area contributed by atoms with E-state index in [0.717, 1.165) is 0 Å². The number of ether oxygens (including phenoxy) is 13.